The fourth-order valence-corrected chi connectivity index (χ4v) is 1.91. The molecule has 2 aromatic rings. The van der Waals surface area contributed by atoms with Crippen molar-refractivity contribution in [3.63, 3.8) is 0 Å². The summed E-state index contributed by atoms with van der Waals surface area (Å²) < 4.78 is 13.4. The Balaban J connectivity index is 1.86. The van der Waals surface area contributed by atoms with E-state index in [1.807, 2.05) is 36.4 Å². The van der Waals surface area contributed by atoms with Gasteiger partial charge in [-0.1, -0.05) is 48.5 Å². The lowest BCUT2D eigenvalue weighted by Crippen LogP contribution is -2.00. The van der Waals surface area contributed by atoms with E-state index in [2.05, 4.69) is 0 Å². The van der Waals surface area contributed by atoms with Crippen molar-refractivity contribution >= 4 is 5.78 Å². The molecule has 0 spiro atoms. The number of aryl methyl sites for hydroxylation is 1. The smallest absolute Gasteiger partial charge is 0.162 e. The third-order valence-corrected chi connectivity index (χ3v) is 2.90. The normalized spacial score (nSPS) is 10.3. The highest BCUT2D eigenvalue weighted by Crippen LogP contribution is 2.12. The number of hydrogen-bond acceptors (Lipinski definition) is 1. The molecule has 0 N–H and O–H groups in total. The predicted molar refractivity (Wildman–Crippen MR) is 70.1 cm³/mol. The van der Waals surface area contributed by atoms with Gasteiger partial charge in [-0.25, -0.2) is 4.39 Å². The van der Waals surface area contributed by atoms with E-state index in [0.717, 1.165) is 5.56 Å². The number of benzene rings is 2. The molecule has 0 aliphatic heterocycles. The first-order valence-corrected chi connectivity index (χ1v) is 6.09. The maximum absolute atomic E-state index is 13.4. The van der Waals surface area contributed by atoms with Crippen molar-refractivity contribution in [1.82, 2.24) is 0 Å². The van der Waals surface area contributed by atoms with E-state index in [0.29, 0.717) is 24.8 Å². The van der Waals surface area contributed by atoms with Crippen LogP contribution in [0.2, 0.25) is 0 Å². The van der Waals surface area contributed by atoms with Crippen LogP contribution in [0.25, 0.3) is 0 Å². The number of carbonyl (C=O) groups is 1. The highest BCUT2D eigenvalue weighted by Gasteiger charge is 2.06. The summed E-state index contributed by atoms with van der Waals surface area (Å²) in [6.07, 6.45) is 1.73. The first-order valence-electron chi connectivity index (χ1n) is 6.09. The van der Waals surface area contributed by atoms with Crippen LogP contribution < -0.4 is 0 Å². The van der Waals surface area contributed by atoms with E-state index in [-0.39, 0.29) is 11.6 Å². The fraction of sp³-hybridized carbons (Fsp3) is 0.188. The van der Waals surface area contributed by atoms with Gasteiger partial charge in [0.15, 0.2) is 5.78 Å². The van der Waals surface area contributed by atoms with Crippen molar-refractivity contribution in [3.05, 3.63) is 71.5 Å². The third-order valence-electron chi connectivity index (χ3n) is 2.90. The molecule has 0 saturated heterocycles. The van der Waals surface area contributed by atoms with Gasteiger partial charge in [0.1, 0.15) is 5.82 Å². The van der Waals surface area contributed by atoms with Gasteiger partial charge in [0.2, 0.25) is 0 Å². The molecule has 0 unspecified atom stereocenters. The zero-order valence-corrected chi connectivity index (χ0v) is 10.1. The van der Waals surface area contributed by atoms with Gasteiger partial charge in [-0.05, 0) is 24.5 Å². The minimum Gasteiger partial charge on any atom is -0.294 e. The molecule has 0 fully saturated rings. The van der Waals surface area contributed by atoms with Gasteiger partial charge in [-0.2, -0.15) is 0 Å². The van der Waals surface area contributed by atoms with Crippen LogP contribution in [0.5, 0.6) is 0 Å². The Morgan fingerprint density at radius 2 is 1.61 bits per heavy atom. The number of halogens is 1. The van der Waals surface area contributed by atoms with Crippen LogP contribution in [0, 0.1) is 5.82 Å². The molecule has 0 atom stereocenters. The molecule has 0 aliphatic rings. The topological polar surface area (TPSA) is 17.1 Å². The molecule has 18 heavy (non-hydrogen) atoms. The zero-order valence-electron chi connectivity index (χ0n) is 10.1. The van der Waals surface area contributed by atoms with Crippen LogP contribution in [0.3, 0.4) is 0 Å². The van der Waals surface area contributed by atoms with Crippen molar-refractivity contribution in [2.75, 3.05) is 0 Å². The van der Waals surface area contributed by atoms with Crippen molar-refractivity contribution in [2.24, 2.45) is 0 Å². The van der Waals surface area contributed by atoms with E-state index in [9.17, 15) is 9.18 Å². The molecule has 1 nitrogen and oxygen atoms in total. The summed E-state index contributed by atoms with van der Waals surface area (Å²) in [7, 11) is 0. The van der Waals surface area contributed by atoms with Crippen LogP contribution in [0.15, 0.2) is 54.6 Å². The van der Waals surface area contributed by atoms with E-state index in [1.165, 1.54) is 6.07 Å². The first kappa shape index (κ1) is 12.5. The molecular formula is C16H15FO. The second-order valence-corrected chi connectivity index (χ2v) is 4.23. The van der Waals surface area contributed by atoms with E-state index in [4.69, 9.17) is 0 Å². The van der Waals surface area contributed by atoms with Gasteiger partial charge in [0.05, 0.1) is 0 Å². The van der Waals surface area contributed by atoms with Crippen molar-refractivity contribution in [3.8, 4) is 0 Å². The molecule has 0 radical (unpaired) electrons. The molecular weight excluding hydrogens is 227 g/mol. The van der Waals surface area contributed by atoms with Gasteiger partial charge in [0, 0.05) is 12.0 Å². The maximum Gasteiger partial charge on any atom is 0.162 e. The summed E-state index contributed by atoms with van der Waals surface area (Å²) >= 11 is 0. The van der Waals surface area contributed by atoms with Gasteiger partial charge in [0.25, 0.3) is 0 Å². The molecule has 0 aliphatic carbocycles. The van der Waals surface area contributed by atoms with Crippen LogP contribution in [-0.2, 0) is 6.42 Å². The summed E-state index contributed by atoms with van der Waals surface area (Å²) in [6, 6.07) is 15.9. The average molecular weight is 242 g/mol. The molecule has 2 rings (SSSR count). The summed E-state index contributed by atoms with van der Waals surface area (Å²) in [4.78, 5) is 11.8. The Labute approximate surface area is 106 Å². The van der Waals surface area contributed by atoms with Crippen LogP contribution in [0.4, 0.5) is 4.39 Å². The first-order chi connectivity index (χ1) is 8.77. The zero-order chi connectivity index (χ0) is 12.8. The van der Waals surface area contributed by atoms with E-state index >= 15 is 0 Å². The molecule has 0 aromatic heterocycles. The van der Waals surface area contributed by atoms with Crippen LogP contribution >= 0.6 is 0 Å². The maximum atomic E-state index is 13.4. The summed E-state index contributed by atoms with van der Waals surface area (Å²) in [5.41, 5.74) is 1.41. The predicted octanol–water partition coefficient (Wildman–Crippen LogP) is 4.03. The second kappa shape index (κ2) is 6.10. The number of ketones is 1. The fourth-order valence-electron chi connectivity index (χ4n) is 1.91. The standard InChI is InChI=1S/C16H15FO/c17-15-11-5-4-7-13(15)10-6-12-16(18)14-8-2-1-3-9-14/h1-5,7-9,11H,6,10,12H2. The molecule has 2 aromatic carbocycles. The highest BCUT2D eigenvalue weighted by atomic mass is 19.1. The Kier molecular flexibility index (Phi) is 4.24. The van der Waals surface area contributed by atoms with Gasteiger partial charge < -0.3 is 0 Å². The highest BCUT2D eigenvalue weighted by molar-refractivity contribution is 5.95. The summed E-state index contributed by atoms with van der Waals surface area (Å²) in [5.74, 6) is -0.0726. The molecule has 0 bridgehead atoms. The number of hydrogen-bond donors (Lipinski definition) is 0. The molecule has 0 saturated carbocycles. The lowest BCUT2D eigenvalue weighted by Gasteiger charge is -2.03. The second-order valence-electron chi connectivity index (χ2n) is 4.23. The SMILES string of the molecule is O=C(CCCc1ccccc1F)c1ccccc1. The third kappa shape index (κ3) is 3.27. The van der Waals surface area contributed by atoms with Gasteiger partial charge in [-0.3, -0.25) is 4.79 Å². The van der Waals surface area contributed by atoms with Crippen molar-refractivity contribution < 1.29 is 9.18 Å². The minimum absolute atomic E-state index is 0.118. The van der Waals surface area contributed by atoms with Crippen LogP contribution in [-0.4, -0.2) is 5.78 Å². The summed E-state index contributed by atoms with van der Waals surface area (Å²) in [5, 5.41) is 0. The van der Waals surface area contributed by atoms with E-state index < -0.39 is 0 Å². The largest absolute Gasteiger partial charge is 0.294 e. The monoisotopic (exact) mass is 242 g/mol. The van der Waals surface area contributed by atoms with Crippen LogP contribution in [0.1, 0.15) is 28.8 Å². The van der Waals surface area contributed by atoms with Crippen molar-refractivity contribution in [1.29, 1.82) is 0 Å². The minimum atomic E-state index is -0.190. The van der Waals surface area contributed by atoms with E-state index in [1.54, 1.807) is 12.1 Å². The van der Waals surface area contributed by atoms with Gasteiger partial charge >= 0.3 is 0 Å². The Bertz CT molecular complexity index is 520. The van der Waals surface area contributed by atoms with Gasteiger partial charge in [-0.15, -0.1) is 0 Å². The Morgan fingerprint density at radius 1 is 0.944 bits per heavy atom. The Hall–Kier alpha value is -1.96. The molecule has 92 valence electrons. The Morgan fingerprint density at radius 3 is 2.33 bits per heavy atom. The molecule has 0 heterocycles. The number of rotatable bonds is 5. The average Bonchev–Trinajstić information content (AvgIpc) is 2.42. The molecule has 2 heteroatoms. The number of Topliss-reactive ketones (excluding diaryl/α,β-unsaturated/α-hetero) is 1. The molecule has 0 amide bonds. The summed E-state index contributed by atoms with van der Waals surface area (Å²) in [6.45, 7) is 0. The lowest BCUT2D eigenvalue weighted by atomic mass is 10.0. The number of carbonyl (C=O) groups excluding carboxylic acids is 1. The van der Waals surface area contributed by atoms with Crippen molar-refractivity contribution in [2.45, 2.75) is 19.3 Å². The lowest BCUT2D eigenvalue weighted by molar-refractivity contribution is 0.0980. The quantitative estimate of drug-likeness (QED) is 0.723.